The maximum atomic E-state index is 13.5. The minimum Gasteiger partial charge on any atom is -0.481 e. The summed E-state index contributed by atoms with van der Waals surface area (Å²) in [5.41, 5.74) is -0.976. The summed E-state index contributed by atoms with van der Waals surface area (Å²) in [5, 5.41) is 9.86. The second kappa shape index (κ2) is 3.56. The van der Waals surface area contributed by atoms with E-state index in [9.17, 15) is 9.18 Å². The first-order valence-corrected chi connectivity index (χ1v) is 5.66. The second-order valence-corrected chi connectivity index (χ2v) is 5.25. The lowest BCUT2D eigenvalue weighted by Crippen LogP contribution is -2.27. The van der Waals surface area contributed by atoms with Gasteiger partial charge in [0.05, 0.1) is 10.1 Å². The van der Waals surface area contributed by atoms with Crippen LogP contribution in [0.1, 0.15) is 18.7 Å². The molecule has 0 bridgehead atoms. The Labute approximate surface area is 96.3 Å². The van der Waals surface area contributed by atoms with Crippen LogP contribution in [-0.2, 0) is 10.2 Å². The van der Waals surface area contributed by atoms with Crippen molar-refractivity contribution >= 4 is 27.4 Å². The van der Waals surface area contributed by atoms with Crippen molar-refractivity contribution < 1.29 is 14.3 Å². The third kappa shape index (κ3) is 1.59. The number of benzene rings is 1. The first-order chi connectivity index (χ1) is 7.43. The van der Waals surface area contributed by atoms with Crippen LogP contribution in [0.25, 0.3) is 10.1 Å². The number of hydrogen-bond acceptors (Lipinski definition) is 2. The van der Waals surface area contributed by atoms with E-state index in [2.05, 4.69) is 0 Å². The normalized spacial score (nSPS) is 11.9. The molecule has 0 radical (unpaired) electrons. The van der Waals surface area contributed by atoms with Crippen molar-refractivity contribution in [3.8, 4) is 0 Å². The quantitative estimate of drug-likeness (QED) is 0.870. The van der Waals surface area contributed by atoms with E-state index in [4.69, 9.17) is 5.11 Å². The first kappa shape index (κ1) is 11.1. The van der Waals surface area contributed by atoms with Crippen molar-refractivity contribution in [3.63, 3.8) is 0 Å². The second-order valence-electron chi connectivity index (χ2n) is 4.20. The van der Waals surface area contributed by atoms with Crippen molar-refractivity contribution in [2.24, 2.45) is 0 Å². The van der Waals surface area contributed by atoms with Crippen LogP contribution in [0.4, 0.5) is 4.39 Å². The zero-order valence-electron chi connectivity index (χ0n) is 8.95. The molecule has 0 fully saturated rings. The summed E-state index contributed by atoms with van der Waals surface area (Å²) >= 11 is 1.20. The molecule has 0 aliphatic carbocycles. The van der Waals surface area contributed by atoms with Crippen molar-refractivity contribution in [2.75, 3.05) is 0 Å². The molecule has 1 N–H and O–H groups in total. The van der Waals surface area contributed by atoms with E-state index in [1.807, 2.05) is 0 Å². The van der Waals surface area contributed by atoms with E-state index in [-0.39, 0.29) is 5.82 Å². The average Bonchev–Trinajstić information content (AvgIpc) is 2.63. The summed E-state index contributed by atoms with van der Waals surface area (Å²) in [6.07, 6.45) is 0. The van der Waals surface area contributed by atoms with Gasteiger partial charge in [0.15, 0.2) is 0 Å². The molecule has 2 aromatic rings. The van der Waals surface area contributed by atoms with Crippen molar-refractivity contribution in [1.29, 1.82) is 0 Å². The number of fused-ring (bicyclic) bond motifs is 1. The van der Waals surface area contributed by atoms with E-state index in [1.165, 1.54) is 17.4 Å². The van der Waals surface area contributed by atoms with Gasteiger partial charge in [-0.3, -0.25) is 4.79 Å². The van der Waals surface area contributed by atoms with Gasteiger partial charge in [-0.2, -0.15) is 0 Å². The largest absolute Gasteiger partial charge is 0.481 e. The van der Waals surface area contributed by atoms with Crippen LogP contribution < -0.4 is 0 Å². The smallest absolute Gasteiger partial charge is 0.314 e. The minimum atomic E-state index is -0.976. The molecule has 0 aliphatic heterocycles. The molecule has 2 nitrogen and oxygen atoms in total. The van der Waals surface area contributed by atoms with Crippen molar-refractivity contribution in [3.05, 3.63) is 35.0 Å². The predicted molar refractivity (Wildman–Crippen MR) is 62.4 cm³/mol. The van der Waals surface area contributed by atoms with Gasteiger partial charge in [-0.15, -0.1) is 11.3 Å². The molecule has 0 amide bonds. The van der Waals surface area contributed by atoms with Gasteiger partial charge in [-0.05, 0) is 31.4 Å². The molecule has 0 atom stereocenters. The Morgan fingerprint density at radius 3 is 2.69 bits per heavy atom. The Morgan fingerprint density at radius 1 is 1.44 bits per heavy atom. The summed E-state index contributed by atoms with van der Waals surface area (Å²) in [6, 6.07) is 6.55. The molecule has 1 heterocycles. The molecule has 1 aromatic carbocycles. The highest BCUT2D eigenvalue weighted by Crippen LogP contribution is 2.35. The zero-order chi connectivity index (χ0) is 11.9. The first-order valence-electron chi connectivity index (χ1n) is 4.85. The number of carbonyl (C=O) groups is 1. The Balaban J connectivity index is 2.64. The fraction of sp³-hybridized carbons (Fsp3) is 0.250. The fourth-order valence-corrected chi connectivity index (χ4v) is 2.60. The molecule has 4 heteroatoms. The van der Waals surface area contributed by atoms with E-state index in [0.717, 1.165) is 5.39 Å². The van der Waals surface area contributed by atoms with Gasteiger partial charge < -0.3 is 5.11 Å². The number of hydrogen-bond donors (Lipinski definition) is 1. The number of carboxylic acids is 1. The third-order valence-electron chi connectivity index (χ3n) is 2.65. The van der Waals surface area contributed by atoms with E-state index >= 15 is 0 Å². The molecule has 0 unspecified atom stereocenters. The van der Waals surface area contributed by atoms with Crippen LogP contribution in [-0.4, -0.2) is 11.1 Å². The maximum Gasteiger partial charge on any atom is 0.314 e. The van der Waals surface area contributed by atoms with Gasteiger partial charge in [0.2, 0.25) is 0 Å². The fourth-order valence-electron chi connectivity index (χ4n) is 1.44. The molecular weight excluding hydrogens is 227 g/mol. The summed E-state index contributed by atoms with van der Waals surface area (Å²) in [6.45, 7) is 3.25. The molecule has 84 valence electrons. The highest BCUT2D eigenvalue weighted by Gasteiger charge is 2.31. The lowest BCUT2D eigenvalue weighted by atomic mass is 9.91. The third-order valence-corrected chi connectivity index (χ3v) is 4.13. The lowest BCUT2D eigenvalue weighted by molar-refractivity contribution is -0.142. The standard InChI is InChI=1S/C12H11FO2S/c1-12(2,11(14)15)9-6-7-4-3-5-8(13)10(7)16-9/h3-6H,1-2H3,(H,14,15). The summed E-state index contributed by atoms with van der Waals surface area (Å²) in [4.78, 5) is 11.8. The highest BCUT2D eigenvalue weighted by atomic mass is 32.1. The molecule has 0 saturated heterocycles. The van der Waals surface area contributed by atoms with Crippen LogP contribution >= 0.6 is 11.3 Å². The van der Waals surface area contributed by atoms with E-state index < -0.39 is 11.4 Å². The SMILES string of the molecule is CC(C)(C(=O)O)c1cc2cccc(F)c2s1. The summed E-state index contributed by atoms with van der Waals surface area (Å²) in [5.74, 6) is -1.20. The van der Waals surface area contributed by atoms with Crippen LogP contribution in [0.5, 0.6) is 0 Å². The Hall–Kier alpha value is -1.42. The molecule has 0 aliphatic rings. The topological polar surface area (TPSA) is 37.3 Å². The van der Waals surface area contributed by atoms with Crippen LogP contribution in [0.2, 0.25) is 0 Å². The van der Waals surface area contributed by atoms with Crippen LogP contribution in [0, 0.1) is 5.82 Å². The molecular formula is C12H11FO2S. The van der Waals surface area contributed by atoms with Crippen molar-refractivity contribution in [2.45, 2.75) is 19.3 Å². The van der Waals surface area contributed by atoms with Gasteiger partial charge in [0, 0.05) is 4.88 Å². The van der Waals surface area contributed by atoms with Crippen LogP contribution in [0.15, 0.2) is 24.3 Å². The molecule has 2 rings (SSSR count). The average molecular weight is 238 g/mol. The molecule has 0 saturated carbocycles. The molecule has 0 spiro atoms. The van der Waals surface area contributed by atoms with Crippen molar-refractivity contribution in [1.82, 2.24) is 0 Å². The van der Waals surface area contributed by atoms with E-state index in [0.29, 0.717) is 9.58 Å². The number of halogens is 1. The van der Waals surface area contributed by atoms with Gasteiger partial charge in [0.25, 0.3) is 0 Å². The summed E-state index contributed by atoms with van der Waals surface area (Å²) in [7, 11) is 0. The number of thiophene rings is 1. The summed E-state index contributed by atoms with van der Waals surface area (Å²) < 4.78 is 14.0. The Kier molecular flexibility index (Phi) is 2.46. The lowest BCUT2D eigenvalue weighted by Gasteiger charge is -2.16. The predicted octanol–water partition coefficient (Wildman–Crippen LogP) is 3.40. The van der Waals surface area contributed by atoms with Gasteiger partial charge in [0.1, 0.15) is 5.82 Å². The van der Waals surface area contributed by atoms with Crippen LogP contribution in [0.3, 0.4) is 0 Å². The minimum absolute atomic E-state index is 0.296. The van der Waals surface area contributed by atoms with Gasteiger partial charge in [-0.1, -0.05) is 12.1 Å². The maximum absolute atomic E-state index is 13.5. The highest BCUT2D eigenvalue weighted by molar-refractivity contribution is 7.19. The molecule has 1 aromatic heterocycles. The number of aliphatic carboxylic acids is 1. The number of rotatable bonds is 2. The number of carboxylic acid groups (broad SMARTS) is 1. The molecule has 16 heavy (non-hydrogen) atoms. The zero-order valence-corrected chi connectivity index (χ0v) is 9.77. The Bertz CT molecular complexity index is 557. The van der Waals surface area contributed by atoms with Gasteiger partial charge >= 0.3 is 5.97 Å². The monoisotopic (exact) mass is 238 g/mol. The van der Waals surface area contributed by atoms with E-state index in [1.54, 1.807) is 32.0 Å². The van der Waals surface area contributed by atoms with Gasteiger partial charge in [-0.25, -0.2) is 4.39 Å². The Morgan fingerprint density at radius 2 is 2.12 bits per heavy atom.